The number of carbonyl (C=O) groups is 3. The topological polar surface area (TPSA) is 96.5 Å². The minimum absolute atomic E-state index is 0.132. The highest BCUT2D eigenvalue weighted by Gasteiger charge is 2.22. The van der Waals surface area contributed by atoms with Crippen molar-refractivity contribution in [3.05, 3.63) is 52.2 Å². The van der Waals surface area contributed by atoms with Crippen molar-refractivity contribution < 1.29 is 19.1 Å². The predicted molar refractivity (Wildman–Crippen MR) is 103 cm³/mol. The van der Waals surface area contributed by atoms with Gasteiger partial charge in [-0.1, -0.05) is 6.07 Å². The lowest BCUT2D eigenvalue weighted by molar-refractivity contribution is -0.129. The van der Waals surface area contributed by atoms with Gasteiger partial charge < -0.3 is 20.7 Å². The van der Waals surface area contributed by atoms with Crippen molar-refractivity contribution in [2.24, 2.45) is 0 Å². The average Bonchev–Trinajstić information content (AvgIpc) is 3.39. The number of nitrogens with one attached hydrogen (secondary N) is 3. The number of anilines is 1. The van der Waals surface area contributed by atoms with Gasteiger partial charge in [-0.05, 0) is 48.6 Å². The normalized spacial score (nSPS) is 15.9. The van der Waals surface area contributed by atoms with Crippen LogP contribution in [0.4, 0.5) is 5.69 Å². The molecule has 7 nitrogen and oxygen atoms in total. The number of carbonyl (C=O) groups excluding carboxylic acids is 3. The van der Waals surface area contributed by atoms with Crippen LogP contribution in [0.1, 0.15) is 32.9 Å². The minimum atomic E-state index is -0.363. The molecule has 2 heterocycles. The van der Waals surface area contributed by atoms with E-state index in [0.717, 1.165) is 12.8 Å². The fourth-order valence-electron chi connectivity index (χ4n) is 2.67. The summed E-state index contributed by atoms with van der Waals surface area (Å²) < 4.78 is 5.30. The van der Waals surface area contributed by atoms with Crippen LogP contribution in [0.2, 0.25) is 0 Å². The molecule has 142 valence electrons. The summed E-state index contributed by atoms with van der Waals surface area (Å²) in [4.78, 5) is 36.5. The smallest absolute Gasteiger partial charge is 0.265 e. The van der Waals surface area contributed by atoms with Crippen molar-refractivity contribution in [3.63, 3.8) is 0 Å². The molecule has 3 amide bonds. The van der Waals surface area contributed by atoms with E-state index in [9.17, 15) is 14.4 Å². The number of hydrogen-bond acceptors (Lipinski definition) is 5. The highest BCUT2D eigenvalue weighted by atomic mass is 32.1. The SMILES string of the molecule is O=C(NCCNC(=O)C1CCCO1)c1ccc(NC(=O)c2cccs2)cc1. The Balaban J connectivity index is 1.40. The number of benzene rings is 1. The van der Waals surface area contributed by atoms with Gasteiger partial charge in [-0.25, -0.2) is 0 Å². The lowest BCUT2D eigenvalue weighted by atomic mass is 10.2. The Bertz CT molecular complexity index is 784. The molecule has 0 bridgehead atoms. The van der Waals surface area contributed by atoms with Gasteiger partial charge in [0, 0.05) is 30.9 Å². The van der Waals surface area contributed by atoms with Crippen LogP contribution in [0, 0.1) is 0 Å². The molecule has 1 saturated heterocycles. The summed E-state index contributed by atoms with van der Waals surface area (Å²) >= 11 is 1.37. The van der Waals surface area contributed by atoms with Crippen LogP contribution in [-0.2, 0) is 9.53 Å². The van der Waals surface area contributed by atoms with E-state index in [0.29, 0.717) is 35.8 Å². The quantitative estimate of drug-likeness (QED) is 0.634. The maximum atomic E-state index is 12.1. The van der Waals surface area contributed by atoms with Gasteiger partial charge in [0.1, 0.15) is 6.10 Å². The van der Waals surface area contributed by atoms with Gasteiger partial charge in [0.2, 0.25) is 5.91 Å². The van der Waals surface area contributed by atoms with Crippen LogP contribution in [-0.4, -0.2) is 43.5 Å². The Labute approximate surface area is 161 Å². The first kappa shape index (κ1) is 19.1. The monoisotopic (exact) mass is 387 g/mol. The lowest BCUT2D eigenvalue weighted by Crippen LogP contribution is -2.39. The molecule has 3 N–H and O–H groups in total. The Morgan fingerprint density at radius 2 is 1.81 bits per heavy atom. The first-order valence-electron chi connectivity index (χ1n) is 8.76. The van der Waals surface area contributed by atoms with Gasteiger partial charge in [-0.15, -0.1) is 11.3 Å². The molecule has 1 aromatic carbocycles. The zero-order valence-electron chi connectivity index (χ0n) is 14.7. The number of hydrogen-bond donors (Lipinski definition) is 3. The first-order valence-corrected chi connectivity index (χ1v) is 9.64. The Kier molecular flexibility index (Phi) is 6.56. The number of ether oxygens (including phenoxy) is 1. The van der Waals surface area contributed by atoms with E-state index in [1.165, 1.54) is 11.3 Å². The van der Waals surface area contributed by atoms with E-state index in [4.69, 9.17) is 4.74 Å². The van der Waals surface area contributed by atoms with Crippen molar-refractivity contribution in [2.75, 3.05) is 25.0 Å². The zero-order valence-corrected chi connectivity index (χ0v) is 15.5. The fraction of sp³-hybridized carbons (Fsp3) is 0.316. The van der Waals surface area contributed by atoms with Crippen LogP contribution in [0.5, 0.6) is 0 Å². The second kappa shape index (κ2) is 9.29. The van der Waals surface area contributed by atoms with Crippen molar-refractivity contribution in [3.8, 4) is 0 Å². The van der Waals surface area contributed by atoms with E-state index >= 15 is 0 Å². The summed E-state index contributed by atoms with van der Waals surface area (Å²) in [6, 6.07) is 10.2. The van der Waals surface area contributed by atoms with Gasteiger partial charge in [0.15, 0.2) is 0 Å². The molecule has 27 heavy (non-hydrogen) atoms. The number of amides is 3. The van der Waals surface area contributed by atoms with Gasteiger partial charge in [0.05, 0.1) is 4.88 Å². The van der Waals surface area contributed by atoms with Gasteiger partial charge in [-0.3, -0.25) is 14.4 Å². The molecule has 1 atom stereocenters. The fourth-order valence-corrected chi connectivity index (χ4v) is 3.29. The average molecular weight is 387 g/mol. The Morgan fingerprint density at radius 3 is 2.48 bits per heavy atom. The summed E-state index contributed by atoms with van der Waals surface area (Å²) in [6.07, 6.45) is 1.28. The van der Waals surface area contributed by atoms with Crippen molar-refractivity contribution in [1.29, 1.82) is 0 Å². The van der Waals surface area contributed by atoms with Gasteiger partial charge in [-0.2, -0.15) is 0 Å². The third kappa shape index (κ3) is 5.38. The van der Waals surface area contributed by atoms with E-state index in [-0.39, 0.29) is 23.8 Å². The molecule has 1 unspecified atom stereocenters. The van der Waals surface area contributed by atoms with Crippen LogP contribution < -0.4 is 16.0 Å². The van der Waals surface area contributed by atoms with Gasteiger partial charge in [0.25, 0.3) is 11.8 Å². The minimum Gasteiger partial charge on any atom is -0.368 e. The van der Waals surface area contributed by atoms with Crippen LogP contribution in [0.15, 0.2) is 41.8 Å². The Hall–Kier alpha value is -2.71. The van der Waals surface area contributed by atoms with E-state index in [1.54, 1.807) is 30.3 Å². The highest BCUT2D eigenvalue weighted by Crippen LogP contribution is 2.14. The summed E-state index contributed by atoms with van der Waals surface area (Å²) in [5.41, 5.74) is 1.10. The molecular formula is C19H21N3O4S. The largest absolute Gasteiger partial charge is 0.368 e. The third-order valence-electron chi connectivity index (χ3n) is 4.08. The summed E-state index contributed by atoms with van der Waals surface area (Å²) in [5, 5.41) is 10.1. The van der Waals surface area contributed by atoms with E-state index in [1.807, 2.05) is 11.4 Å². The molecule has 0 spiro atoms. The maximum absolute atomic E-state index is 12.1. The first-order chi connectivity index (χ1) is 13.1. The standard InChI is InChI=1S/C19H21N3O4S/c23-17(20-9-10-21-18(24)15-3-1-11-26-15)13-5-7-14(8-6-13)22-19(25)16-4-2-12-27-16/h2,4-8,12,15H,1,3,9-11H2,(H,20,23)(H,21,24)(H,22,25). The third-order valence-corrected chi connectivity index (χ3v) is 4.95. The molecule has 0 saturated carbocycles. The second-order valence-corrected chi connectivity index (χ2v) is 7.01. The predicted octanol–water partition coefficient (Wildman–Crippen LogP) is 2.03. The highest BCUT2D eigenvalue weighted by molar-refractivity contribution is 7.12. The summed E-state index contributed by atoms with van der Waals surface area (Å²) in [7, 11) is 0. The molecule has 0 radical (unpaired) electrons. The molecule has 1 aliphatic heterocycles. The number of rotatable bonds is 7. The summed E-state index contributed by atoms with van der Waals surface area (Å²) in [5.74, 6) is -0.547. The molecule has 1 fully saturated rings. The maximum Gasteiger partial charge on any atom is 0.265 e. The van der Waals surface area contributed by atoms with E-state index in [2.05, 4.69) is 16.0 Å². The van der Waals surface area contributed by atoms with Crippen molar-refractivity contribution >= 4 is 34.7 Å². The van der Waals surface area contributed by atoms with Crippen molar-refractivity contribution in [1.82, 2.24) is 10.6 Å². The summed E-state index contributed by atoms with van der Waals surface area (Å²) in [6.45, 7) is 1.30. The zero-order chi connectivity index (χ0) is 19.1. The van der Waals surface area contributed by atoms with E-state index < -0.39 is 0 Å². The molecular weight excluding hydrogens is 366 g/mol. The van der Waals surface area contributed by atoms with Crippen LogP contribution in [0.25, 0.3) is 0 Å². The lowest BCUT2D eigenvalue weighted by Gasteiger charge is -2.11. The molecule has 3 rings (SSSR count). The Morgan fingerprint density at radius 1 is 1.04 bits per heavy atom. The molecule has 8 heteroatoms. The molecule has 1 aliphatic rings. The molecule has 0 aliphatic carbocycles. The van der Waals surface area contributed by atoms with Crippen LogP contribution >= 0.6 is 11.3 Å². The molecule has 2 aromatic rings. The van der Waals surface area contributed by atoms with Crippen LogP contribution in [0.3, 0.4) is 0 Å². The molecule has 1 aromatic heterocycles. The van der Waals surface area contributed by atoms with Crippen molar-refractivity contribution in [2.45, 2.75) is 18.9 Å². The number of thiophene rings is 1. The van der Waals surface area contributed by atoms with Gasteiger partial charge >= 0.3 is 0 Å². The second-order valence-electron chi connectivity index (χ2n) is 6.06.